The van der Waals surface area contributed by atoms with Gasteiger partial charge in [0.15, 0.2) is 0 Å². The van der Waals surface area contributed by atoms with Gasteiger partial charge in [-0.25, -0.2) is 4.39 Å². The molecule has 0 bridgehead atoms. The summed E-state index contributed by atoms with van der Waals surface area (Å²) in [4.78, 5) is 0. The van der Waals surface area contributed by atoms with Gasteiger partial charge < -0.3 is 5.32 Å². The van der Waals surface area contributed by atoms with Crippen molar-refractivity contribution in [1.29, 1.82) is 0 Å². The van der Waals surface area contributed by atoms with Crippen LogP contribution in [0.25, 0.3) is 0 Å². The van der Waals surface area contributed by atoms with Gasteiger partial charge in [0, 0.05) is 6.04 Å². The molecule has 0 saturated carbocycles. The fourth-order valence-corrected chi connectivity index (χ4v) is 2.54. The second-order valence-electron chi connectivity index (χ2n) is 5.40. The minimum Gasteiger partial charge on any atom is -0.310 e. The Morgan fingerprint density at radius 2 is 1.86 bits per heavy atom. The van der Waals surface area contributed by atoms with Gasteiger partial charge in [-0.1, -0.05) is 56.3 Å². The highest BCUT2D eigenvalue weighted by Gasteiger charge is 2.14. The van der Waals surface area contributed by atoms with Crippen LogP contribution < -0.4 is 5.32 Å². The molecule has 0 aliphatic carbocycles. The van der Waals surface area contributed by atoms with Crippen molar-refractivity contribution in [3.05, 3.63) is 71.0 Å². The monoisotopic (exact) mass is 285 g/mol. The molecule has 1 unspecified atom stereocenters. The fourth-order valence-electron chi connectivity index (χ4n) is 2.54. The molecule has 0 aliphatic rings. The molecule has 1 nitrogen and oxygen atoms in total. The van der Waals surface area contributed by atoms with E-state index in [-0.39, 0.29) is 11.9 Å². The number of nitrogens with one attached hydrogen (secondary N) is 1. The summed E-state index contributed by atoms with van der Waals surface area (Å²) in [6.07, 6.45) is 2.77. The smallest absolute Gasteiger partial charge is 0.126 e. The van der Waals surface area contributed by atoms with E-state index >= 15 is 0 Å². The molecule has 0 aliphatic heterocycles. The van der Waals surface area contributed by atoms with E-state index in [2.05, 4.69) is 43.4 Å². The Morgan fingerprint density at radius 1 is 1.05 bits per heavy atom. The van der Waals surface area contributed by atoms with Crippen LogP contribution in [0.3, 0.4) is 0 Å². The molecule has 2 aromatic carbocycles. The Balaban J connectivity index is 2.23. The number of aryl methyl sites for hydroxylation is 1. The van der Waals surface area contributed by atoms with E-state index in [1.807, 2.05) is 12.1 Å². The highest BCUT2D eigenvalue weighted by Crippen LogP contribution is 2.21. The van der Waals surface area contributed by atoms with Crippen LogP contribution in [0.4, 0.5) is 4.39 Å². The van der Waals surface area contributed by atoms with Crippen LogP contribution >= 0.6 is 0 Å². The molecule has 0 spiro atoms. The summed E-state index contributed by atoms with van der Waals surface area (Å²) in [5.41, 5.74) is 3.34. The second-order valence-corrected chi connectivity index (χ2v) is 5.40. The number of halogens is 1. The lowest BCUT2D eigenvalue weighted by Crippen LogP contribution is -2.24. The van der Waals surface area contributed by atoms with E-state index < -0.39 is 0 Å². The normalized spacial score (nSPS) is 12.3. The van der Waals surface area contributed by atoms with Gasteiger partial charge in [0.2, 0.25) is 0 Å². The summed E-state index contributed by atoms with van der Waals surface area (Å²) in [5, 5.41) is 3.55. The minimum absolute atomic E-state index is 0.118. The van der Waals surface area contributed by atoms with E-state index in [1.54, 1.807) is 6.07 Å². The van der Waals surface area contributed by atoms with Gasteiger partial charge in [-0.15, -0.1) is 0 Å². The predicted molar refractivity (Wildman–Crippen MR) is 87.0 cm³/mol. The third-order valence-electron chi connectivity index (χ3n) is 3.78. The molecule has 1 N–H and O–H groups in total. The number of hydrogen-bond acceptors (Lipinski definition) is 1. The van der Waals surface area contributed by atoms with Crippen LogP contribution in [0, 0.1) is 5.82 Å². The maximum absolute atomic E-state index is 13.9. The summed E-state index contributed by atoms with van der Waals surface area (Å²) in [6.45, 7) is 5.25. The molecule has 0 aromatic heterocycles. The lowest BCUT2D eigenvalue weighted by Gasteiger charge is -2.20. The number of benzene rings is 2. The minimum atomic E-state index is -0.118. The molecular weight excluding hydrogens is 261 g/mol. The van der Waals surface area contributed by atoms with E-state index in [4.69, 9.17) is 0 Å². The van der Waals surface area contributed by atoms with Crippen LogP contribution in [-0.4, -0.2) is 6.54 Å². The topological polar surface area (TPSA) is 12.0 Å². The molecule has 2 heteroatoms. The summed E-state index contributed by atoms with van der Waals surface area (Å²) in [7, 11) is 0. The largest absolute Gasteiger partial charge is 0.310 e. The highest BCUT2D eigenvalue weighted by molar-refractivity contribution is 5.28. The molecule has 2 aromatic rings. The van der Waals surface area contributed by atoms with Crippen molar-refractivity contribution in [1.82, 2.24) is 5.32 Å². The van der Waals surface area contributed by atoms with Crippen LogP contribution in [0.5, 0.6) is 0 Å². The lowest BCUT2D eigenvalue weighted by atomic mass is 9.96. The average Bonchev–Trinajstić information content (AvgIpc) is 2.53. The fraction of sp³-hybridized carbons (Fsp3) is 0.368. The van der Waals surface area contributed by atoms with Crippen molar-refractivity contribution < 1.29 is 4.39 Å². The molecule has 0 heterocycles. The third-order valence-corrected chi connectivity index (χ3v) is 3.78. The first-order valence-electron chi connectivity index (χ1n) is 7.80. The Labute approximate surface area is 127 Å². The van der Waals surface area contributed by atoms with Crippen LogP contribution in [0.1, 0.15) is 43.0 Å². The predicted octanol–water partition coefficient (Wildman–Crippen LogP) is 4.67. The molecule has 2 rings (SSSR count). The Bertz CT molecular complexity index is 565. The van der Waals surface area contributed by atoms with Crippen LogP contribution in [0.15, 0.2) is 48.5 Å². The summed E-state index contributed by atoms with van der Waals surface area (Å²) >= 11 is 0. The van der Waals surface area contributed by atoms with Crippen molar-refractivity contribution in [2.75, 3.05) is 6.54 Å². The van der Waals surface area contributed by atoms with E-state index in [1.165, 1.54) is 17.2 Å². The van der Waals surface area contributed by atoms with Gasteiger partial charge in [-0.05, 0) is 48.6 Å². The zero-order valence-electron chi connectivity index (χ0n) is 12.9. The van der Waals surface area contributed by atoms with Gasteiger partial charge in [0.25, 0.3) is 0 Å². The van der Waals surface area contributed by atoms with Crippen molar-refractivity contribution in [2.24, 2.45) is 0 Å². The quantitative estimate of drug-likeness (QED) is 0.779. The molecule has 0 fully saturated rings. The lowest BCUT2D eigenvalue weighted by molar-refractivity contribution is 0.512. The Kier molecular flexibility index (Phi) is 5.94. The molecule has 0 saturated heterocycles. The zero-order chi connectivity index (χ0) is 15.1. The molecule has 112 valence electrons. The maximum atomic E-state index is 13.9. The first kappa shape index (κ1) is 15.7. The highest BCUT2D eigenvalue weighted by atomic mass is 19.1. The first-order chi connectivity index (χ1) is 10.2. The van der Waals surface area contributed by atoms with Gasteiger partial charge in [0.1, 0.15) is 5.82 Å². The van der Waals surface area contributed by atoms with E-state index in [9.17, 15) is 4.39 Å². The van der Waals surface area contributed by atoms with Gasteiger partial charge in [0.05, 0.1) is 0 Å². The average molecular weight is 285 g/mol. The van der Waals surface area contributed by atoms with Gasteiger partial charge in [-0.3, -0.25) is 0 Å². The second kappa shape index (κ2) is 7.94. The van der Waals surface area contributed by atoms with E-state index in [0.717, 1.165) is 24.9 Å². The molecule has 0 radical (unpaired) electrons. The van der Waals surface area contributed by atoms with Crippen LogP contribution in [0.2, 0.25) is 0 Å². The van der Waals surface area contributed by atoms with E-state index in [0.29, 0.717) is 6.42 Å². The Morgan fingerprint density at radius 3 is 2.57 bits per heavy atom. The van der Waals surface area contributed by atoms with Gasteiger partial charge >= 0.3 is 0 Å². The molecule has 21 heavy (non-hydrogen) atoms. The van der Waals surface area contributed by atoms with Crippen molar-refractivity contribution >= 4 is 0 Å². The Hall–Kier alpha value is -1.67. The number of hydrogen-bond donors (Lipinski definition) is 1. The SMILES string of the molecule is CCCNC(Cc1ccccc1F)c1cccc(CC)c1. The first-order valence-corrected chi connectivity index (χ1v) is 7.80. The summed E-state index contributed by atoms with van der Waals surface area (Å²) < 4.78 is 13.9. The van der Waals surface area contributed by atoms with Gasteiger partial charge in [-0.2, -0.15) is 0 Å². The number of rotatable bonds is 7. The molecular formula is C19H24FN. The third kappa shape index (κ3) is 4.40. The summed E-state index contributed by atoms with van der Waals surface area (Å²) in [6, 6.07) is 15.8. The molecule has 0 amide bonds. The van der Waals surface area contributed by atoms with Crippen molar-refractivity contribution in [2.45, 2.75) is 39.2 Å². The zero-order valence-corrected chi connectivity index (χ0v) is 12.9. The standard InChI is InChI=1S/C19H24FN/c1-3-12-21-19(14-16-9-5-6-11-18(16)20)17-10-7-8-15(4-2)13-17/h5-11,13,19,21H,3-4,12,14H2,1-2H3. The van der Waals surface area contributed by atoms with Crippen LogP contribution in [-0.2, 0) is 12.8 Å². The maximum Gasteiger partial charge on any atom is 0.126 e. The summed E-state index contributed by atoms with van der Waals surface area (Å²) in [5.74, 6) is -0.118. The van der Waals surface area contributed by atoms with Crippen molar-refractivity contribution in [3.63, 3.8) is 0 Å². The molecule has 1 atom stereocenters. The van der Waals surface area contributed by atoms with Crippen molar-refractivity contribution in [3.8, 4) is 0 Å².